The molecule has 4 heteroatoms. The zero-order chi connectivity index (χ0) is 13.0. The standard InChI is InChI=1S/C14H14N2OS/c1-10-3-5-11(6-4-10)18-12-7-8-16-13(9-12)14(17)15-2/h3-9H,1-2H3,(H,15,17). The van der Waals surface area contributed by atoms with E-state index in [1.807, 2.05) is 6.07 Å². The highest BCUT2D eigenvalue weighted by Crippen LogP contribution is 2.27. The van der Waals surface area contributed by atoms with Crippen LogP contribution < -0.4 is 5.32 Å². The number of hydrogen-bond acceptors (Lipinski definition) is 3. The summed E-state index contributed by atoms with van der Waals surface area (Å²) in [5.41, 5.74) is 1.68. The Kier molecular flexibility index (Phi) is 3.99. The fraction of sp³-hybridized carbons (Fsp3) is 0.143. The quantitative estimate of drug-likeness (QED) is 0.920. The van der Waals surface area contributed by atoms with Gasteiger partial charge in [0.05, 0.1) is 0 Å². The van der Waals surface area contributed by atoms with Gasteiger partial charge in [-0.25, -0.2) is 0 Å². The Balaban J connectivity index is 2.19. The van der Waals surface area contributed by atoms with Crippen LogP contribution in [-0.2, 0) is 0 Å². The maximum atomic E-state index is 11.5. The van der Waals surface area contributed by atoms with Crippen LogP contribution in [0.25, 0.3) is 0 Å². The second-order valence-electron chi connectivity index (χ2n) is 3.87. The van der Waals surface area contributed by atoms with Crippen molar-refractivity contribution in [2.24, 2.45) is 0 Å². The lowest BCUT2D eigenvalue weighted by molar-refractivity contribution is 0.0958. The van der Waals surface area contributed by atoms with E-state index in [0.717, 1.165) is 9.79 Å². The van der Waals surface area contributed by atoms with E-state index >= 15 is 0 Å². The van der Waals surface area contributed by atoms with Crippen molar-refractivity contribution < 1.29 is 4.79 Å². The molecule has 1 aromatic heterocycles. The number of aryl methyl sites for hydroxylation is 1. The van der Waals surface area contributed by atoms with E-state index in [1.54, 1.807) is 31.1 Å². The number of amides is 1. The SMILES string of the molecule is CNC(=O)c1cc(Sc2ccc(C)cc2)ccn1. The Morgan fingerprint density at radius 1 is 1.17 bits per heavy atom. The Hall–Kier alpha value is -1.81. The highest BCUT2D eigenvalue weighted by atomic mass is 32.2. The Morgan fingerprint density at radius 2 is 1.89 bits per heavy atom. The predicted octanol–water partition coefficient (Wildman–Crippen LogP) is 2.90. The number of nitrogens with zero attached hydrogens (tertiary/aromatic N) is 1. The van der Waals surface area contributed by atoms with Crippen LogP contribution in [0, 0.1) is 6.92 Å². The van der Waals surface area contributed by atoms with Gasteiger partial charge < -0.3 is 5.32 Å². The summed E-state index contributed by atoms with van der Waals surface area (Å²) >= 11 is 1.62. The number of rotatable bonds is 3. The molecule has 0 atom stereocenters. The first-order chi connectivity index (χ1) is 8.69. The monoisotopic (exact) mass is 258 g/mol. The van der Waals surface area contributed by atoms with Gasteiger partial charge in [-0.05, 0) is 31.2 Å². The largest absolute Gasteiger partial charge is 0.354 e. The van der Waals surface area contributed by atoms with Crippen LogP contribution in [-0.4, -0.2) is 17.9 Å². The molecule has 0 radical (unpaired) electrons. The van der Waals surface area contributed by atoms with Crippen LogP contribution in [0.2, 0.25) is 0 Å². The molecule has 0 aliphatic heterocycles. The van der Waals surface area contributed by atoms with Crippen molar-refractivity contribution in [1.82, 2.24) is 10.3 Å². The number of hydrogen-bond donors (Lipinski definition) is 1. The molecule has 0 bridgehead atoms. The normalized spacial score (nSPS) is 10.1. The van der Waals surface area contributed by atoms with Gasteiger partial charge in [-0.2, -0.15) is 0 Å². The second-order valence-corrected chi connectivity index (χ2v) is 5.02. The van der Waals surface area contributed by atoms with E-state index < -0.39 is 0 Å². The number of nitrogens with one attached hydrogen (secondary N) is 1. The minimum atomic E-state index is -0.165. The Bertz CT molecular complexity index is 552. The molecule has 1 aromatic carbocycles. The Labute approximate surface area is 111 Å². The lowest BCUT2D eigenvalue weighted by Gasteiger charge is -2.04. The molecule has 0 aliphatic carbocycles. The molecule has 0 unspecified atom stereocenters. The summed E-state index contributed by atoms with van der Waals surface area (Å²) in [4.78, 5) is 17.7. The number of benzene rings is 1. The average molecular weight is 258 g/mol. The molecule has 2 aromatic rings. The summed E-state index contributed by atoms with van der Waals surface area (Å²) in [6.07, 6.45) is 1.65. The first-order valence-corrected chi connectivity index (χ1v) is 6.43. The third-order valence-electron chi connectivity index (χ3n) is 2.45. The molecule has 1 heterocycles. The van der Waals surface area contributed by atoms with Gasteiger partial charge in [0.2, 0.25) is 0 Å². The van der Waals surface area contributed by atoms with Gasteiger partial charge in [-0.1, -0.05) is 29.5 Å². The molecular formula is C14H14N2OS. The highest BCUT2D eigenvalue weighted by Gasteiger charge is 2.06. The summed E-state index contributed by atoms with van der Waals surface area (Å²) in [7, 11) is 1.60. The smallest absolute Gasteiger partial charge is 0.269 e. The average Bonchev–Trinajstić information content (AvgIpc) is 2.41. The van der Waals surface area contributed by atoms with Crippen LogP contribution in [0.5, 0.6) is 0 Å². The van der Waals surface area contributed by atoms with E-state index in [4.69, 9.17) is 0 Å². The van der Waals surface area contributed by atoms with Crippen molar-refractivity contribution in [1.29, 1.82) is 0 Å². The van der Waals surface area contributed by atoms with Gasteiger partial charge in [0.1, 0.15) is 5.69 Å². The summed E-state index contributed by atoms with van der Waals surface area (Å²) in [6, 6.07) is 12.0. The third-order valence-corrected chi connectivity index (χ3v) is 3.45. The van der Waals surface area contributed by atoms with E-state index in [9.17, 15) is 4.79 Å². The molecule has 0 fully saturated rings. The summed E-state index contributed by atoms with van der Waals surface area (Å²) in [5.74, 6) is -0.165. The molecule has 0 aliphatic rings. The molecule has 18 heavy (non-hydrogen) atoms. The minimum absolute atomic E-state index is 0.165. The van der Waals surface area contributed by atoms with Crippen LogP contribution >= 0.6 is 11.8 Å². The fourth-order valence-electron chi connectivity index (χ4n) is 1.47. The Morgan fingerprint density at radius 3 is 2.56 bits per heavy atom. The number of aromatic nitrogens is 1. The van der Waals surface area contributed by atoms with Crippen molar-refractivity contribution in [2.75, 3.05) is 7.05 Å². The van der Waals surface area contributed by atoms with Crippen molar-refractivity contribution in [2.45, 2.75) is 16.7 Å². The van der Waals surface area contributed by atoms with Gasteiger partial charge >= 0.3 is 0 Å². The number of pyridine rings is 1. The topological polar surface area (TPSA) is 42.0 Å². The van der Waals surface area contributed by atoms with E-state index in [1.165, 1.54) is 5.56 Å². The van der Waals surface area contributed by atoms with Crippen molar-refractivity contribution in [3.05, 3.63) is 53.9 Å². The summed E-state index contributed by atoms with van der Waals surface area (Å²) in [6.45, 7) is 2.06. The molecule has 3 nitrogen and oxygen atoms in total. The van der Waals surface area contributed by atoms with Gasteiger partial charge in [0.25, 0.3) is 5.91 Å². The van der Waals surface area contributed by atoms with E-state index in [2.05, 4.69) is 41.5 Å². The van der Waals surface area contributed by atoms with Gasteiger partial charge in [0, 0.05) is 23.0 Å². The zero-order valence-corrected chi connectivity index (χ0v) is 11.1. The van der Waals surface area contributed by atoms with Crippen LogP contribution in [0.1, 0.15) is 16.1 Å². The fourth-order valence-corrected chi connectivity index (χ4v) is 2.31. The first-order valence-electron chi connectivity index (χ1n) is 5.61. The zero-order valence-electron chi connectivity index (χ0n) is 10.3. The van der Waals surface area contributed by atoms with Crippen LogP contribution in [0.15, 0.2) is 52.4 Å². The van der Waals surface area contributed by atoms with Crippen molar-refractivity contribution >= 4 is 17.7 Å². The molecular weight excluding hydrogens is 244 g/mol. The van der Waals surface area contributed by atoms with Crippen LogP contribution in [0.4, 0.5) is 0 Å². The van der Waals surface area contributed by atoms with Gasteiger partial charge in [-0.15, -0.1) is 0 Å². The van der Waals surface area contributed by atoms with Crippen molar-refractivity contribution in [3.63, 3.8) is 0 Å². The number of carbonyl (C=O) groups is 1. The van der Waals surface area contributed by atoms with Gasteiger partial charge in [0.15, 0.2) is 0 Å². The number of carbonyl (C=O) groups excluding carboxylic acids is 1. The van der Waals surface area contributed by atoms with E-state index in [-0.39, 0.29) is 5.91 Å². The molecule has 0 saturated carbocycles. The molecule has 92 valence electrons. The first kappa shape index (κ1) is 12.6. The lowest BCUT2D eigenvalue weighted by atomic mass is 10.2. The van der Waals surface area contributed by atoms with Gasteiger partial charge in [-0.3, -0.25) is 9.78 Å². The molecule has 1 amide bonds. The maximum Gasteiger partial charge on any atom is 0.269 e. The highest BCUT2D eigenvalue weighted by molar-refractivity contribution is 7.99. The molecule has 1 N–H and O–H groups in total. The maximum absolute atomic E-state index is 11.5. The minimum Gasteiger partial charge on any atom is -0.354 e. The molecule has 0 saturated heterocycles. The summed E-state index contributed by atoms with van der Waals surface area (Å²) in [5, 5.41) is 2.57. The molecule has 0 spiro atoms. The predicted molar refractivity (Wildman–Crippen MR) is 72.9 cm³/mol. The summed E-state index contributed by atoms with van der Waals surface area (Å²) < 4.78 is 0. The second kappa shape index (κ2) is 5.69. The van der Waals surface area contributed by atoms with Crippen molar-refractivity contribution in [3.8, 4) is 0 Å². The molecule has 2 rings (SSSR count). The lowest BCUT2D eigenvalue weighted by Crippen LogP contribution is -2.18. The van der Waals surface area contributed by atoms with E-state index in [0.29, 0.717) is 5.69 Å². The van der Waals surface area contributed by atoms with Crippen LogP contribution in [0.3, 0.4) is 0 Å². The third kappa shape index (κ3) is 3.11.